The molecule has 14 heavy (non-hydrogen) atoms. The smallest absolute Gasteiger partial charge is 0.123 e. The Morgan fingerprint density at radius 3 is 2.86 bits per heavy atom. The first-order chi connectivity index (χ1) is 6.78. The highest BCUT2D eigenvalue weighted by Gasteiger charge is 2.20. The third-order valence-electron chi connectivity index (χ3n) is 2.19. The van der Waals surface area contributed by atoms with Crippen LogP contribution in [0.15, 0.2) is 18.2 Å². The van der Waals surface area contributed by atoms with Gasteiger partial charge in [0, 0.05) is 29.5 Å². The van der Waals surface area contributed by atoms with Crippen molar-refractivity contribution >= 4 is 11.4 Å². The van der Waals surface area contributed by atoms with Gasteiger partial charge in [0.15, 0.2) is 0 Å². The molecule has 1 saturated carbocycles. The Morgan fingerprint density at radius 2 is 2.21 bits per heavy atom. The molecule has 0 heterocycles. The molecule has 0 saturated heterocycles. The molecule has 0 aliphatic heterocycles. The molecule has 0 unspecified atom stereocenters. The summed E-state index contributed by atoms with van der Waals surface area (Å²) in [5, 5.41) is 3.40. The van der Waals surface area contributed by atoms with E-state index in [9.17, 15) is 0 Å². The molecule has 1 aromatic rings. The number of anilines is 2. The Morgan fingerprint density at radius 1 is 1.43 bits per heavy atom. The first kappa shape index (κ1) is 9.19. The summed E-state index contributed by atoms with van der Waals surface area (Å²) in [7, 11) is 0. The molecule has 3 nitrogen and oxygen atoms in total. The van der Waals surface area contributed by atoms with Gasteiger partial charge < -0.3 is 15.8 Å². The van der Waals surface area contributed by atoms with Gasteiger partial charge >= 0.3 is 0 Å². The van der Waals surface area contributed by atoms with Gasteiger partial charge in [-0.2, -0.15) is 0 Å². The van der Waals surface area contributed by atoms with Crippen molar-refractivity contribution < 1.29 is 4.74 Å². The molecule has 0 spiro atoms. The van der Waals surface area contributed by atoms with E-state index in [0.717, 1.165) is 17.1 Å². The number of ether oxygens (including phenoxy) is 1. The predicted molar refractivity (Wildman–Crippen MR) is 58.7 cm³/mol. The summed E-state index contributed by atoms with van der Waals surface area (Å²) in [6, 6.07) is 6.44. The van der Waals surface area contributed by atoms with Crippen molar-refractivity contribution in [1.29, 1.82) is 0 Å². The summed E-state index contributed by atoms with van der Waals surface area (Å²) >= 11 is 0. The Balaban J connectivity index is 2.12. The SMILES string of the molecule is CCOc1cc(N)cc(NC2CC2)c1. The molecule has 0 bridgehead atoms. The van der Waals surface area contributed by atoms with Crippen LogP contribution in [0.25, 0.3) is 0 Å². The van der Waals surface area contributed by atoms with E-state index in [-0.39, 0.29) is 0 Å². The topological polar surface area (TPSA) is 47.3 Å². The summed E-state index contributed by atoms with van der Waals surface area (Å²) in [6.07, 6.45) is 2.53. The fourth-order valence-corrected chi connectivity index (χ4v) is 1.42. The Labute approximate surface area is 84.3 Å². The molecule has 3 heteroatoms. The summed E-state index contributed by atoms with van der Waals surface area (Å²) < 4.78 is 5.41. The van der Waals surface area contributed by atoms with E-state index in [1.54, 1.807) is 0 Å². The van der Waals surface area contributed by atoms with Crippen LogP contribution >= 0.6 is 0 Å². The summed E-state index contributed by atoms with van der Waals surface area (Å²) in [4.78, 5) is 0. The largest absolute Gasteiger partial charge is 0.494 e. The number of rotatable bonds is 4. The van der Waals surface area contributed by atoms with Crippen LogP contribution in [0.2, 0.25) is 0 Å². The molecule has 0 radical (unpaired) electrons. The van der Waals surface area contributed by atoms with Gasteiger partial charge in [-0.15, -0.1) is 0 Å². The Kier molecular flexibility index (Phi) is 2.48. The van der Waals surface area contributed by atoms with Crippen LogP contribution < -0.4 is 15.8 Å². The standard InChI is InChI=1S/C11H16N2O/c1-2-14-11-6-8(12)5-10(7-11)13-9-3-4-9/h5-7,9,13H,2-4,12H2,1H3. The van der Waals surface area contributed by atoms with Gasteiger partial charge in [-0.3, -0.25) is 0 Å². The Hall–Kier alpha value is -1.38. The molecule has 0 atom stereocenters. The van der Waals surface area contributed by atoms with Crippen LogP contribution in [0.1, 0.15) is 19.8 Å². The highest BCUT2D eigenvalue weighted by molar-refractivity contribution is 5.59. The number of benzene rings is 1. The quantitative estimate of drug-likeness (QED) is 0.719. The average Bonchev–Trinajstić information content (AvgIpc) is 2.87. The van der Waals surface area contributed by atoms with Gasteiger partial charge in [0.1, 0.15) is 5.75 Å². The highest BCUT2D eigenvalue weighted by atomic mass is 16.5. The van der Waals surface area contributed by atoms with Crippen molar-refractivity contribution in [3.05, 3.63) is 18.2 Å². The lowest BCUT2D eigenvalue weighted by Gasteiger charge is -2.09. The van der Waals surface area contributed by atoms with Crippen LogP contribution in [0.5, 0.6) is 5.75 Å². The molecule has 76 valence electrons. The van der Waals surface area contributed by atoms with Crippen molar-refractivity contribution in [2.24, 2.45) is 0 Å². The third kappa shape index (κ3) is 2.31. The monoisotopic (exact) mass is 192 g/mol. The van der Waals surface area contributed by atoms with Crippen LogP contribution in [0.3, 0.4) is 0 Å². The van der Waals surface area contributed by atoms with Crippen LogP contribution in [-0.2, 0) is 0 Å². The maximum absolute atomic E-state index is 5.77. The molecule has 1 aliphatic rings. The zero-order chi connectivity index (χ0) is 9.97. The van der Waals surface area contributed by atoms with E-state index in [1.165, 1.54) is 12.8 Å². The lowest BCUT2D eigenvalue weighted by atomic mass is 10.2. The van der Waals surface area contributed by atoms with Crippen molar-refractivity contribution in [1.82, 2.24) is 0 Å². The molecular formula is C11H16N2O. The van der Waals surface area contributed by atoms with Crippen LogP contribution in [0, 0.1) is 0 Å². The first-order valence-electron chi connectivity index (χ1n) is 5.08. The number of nitrogens with one attached hydrogen (secondary N) is 1. The van der Waals surface area contributed by atoms with E-state index >= 15 is 0 Å². The number of hydrogen-bond acceptors (Lipinski definition) is 3. The molecule has 0 amide bonds. The molecule has 3 N–H and O–H groups in total. The second-order valence-corrected chi connectivity index (χ2v) is 3.64. The maximum atomic E-state index is 5.77. The minimum atomic E-state index is 0.645. The summed E-state index contributed by atoms with van der Waals surface area (Å²) in [6.45, 7) is 2.64. The summed E-state index contributed by atoms with van der Waals surface area (Å²) in [5.74, 6) is 0.843. The van der Waals surface area contributed by atoms with Gasteiger partial charge in [0.25, 0.3) is 0 Å². The van der Waals surface area contributed by atoms with Gasteiger partial charge in [0.2, 0.25) is 0 Å². The number of nitrogen functional groups attached to an aromatic ring is 1. The van der Waals surface area contributed by atoms with Gasteiger partial charge in [0.05, 0.1) is 6.61 Å². The Bertz CT molecular complexity index is 321. The average molecular weight is 192 g/mol. The molecule has 1 aliphatic carbocycles. The fraction of sp³-hybridized carbons (Fsp3) is 0.455. The van der Waals surface area contributed by atoms with E-state index in [0.29, 0.717) is 12.6 Å². The van der Waals surface area contributed by atoms with E-state index < -0.39 is 0 Å². The second kappa shape index (κ2) is 3.78. The zero-order valence-corrected chi connectivity index (χ0v) is 8.42. The van der Waals surface area contributed by atoms with Gasteiger partial charge in [-0.25, -0.2) is 0 Å². The lowest BCUT2D eigenvalue weighted by Crippen LogP contribution is -2.02. The van der Waals surface area contributed by atoms with Crippen LogP contribution in [-0.4, -0.2) is 12.6 Å². The number of nitrogens with two attached hydrogens (primary N) is 1. The van der Waals surface area contributed by atoms with Crippen molar-refractivity contribution in [2.75, 3.05) is 17.7 Å². The maximum Gasteiger partial charge on any atom is 0.123 e. The van der Waals surface area contributed by atoms with Crippen molar-refractivity contribution in [3.63, 3.8) is 0 Å². The van der Waals surface area contributed by atoms with Crippen LogP contribution in [0.4, 0.5) is 11.4 Å². The third-order valence-corrected chi connectivity index (χ3v) is 2.19. The first-order valence-corrected chi connectivity index (χ1v) is 5.08. The van der Waals surface area contributed by atoms with Gasteiger partial charge in [-0.1, -0.05) is 0 Å². The number of hydrogen-bond donors (Lipinski definition) is 2. The molecular weight excluding hydrogens is 176 g/mol. The van der Waals surface area contributed by atoms with Crippen molar-refractivity contribution in [3.8, 4) is 5.75 Å². The predicted octanol–water partition coefficient (Wildman–Crippen LogP) is 2.24. The fourth-order valence-electron chi connectivity index (χ4n) is 1.42. The zero-order valence-electron chi connectivity index (χ0n) is 8.42. The highest BCUT2D eigenvalue weighted by Crippen LogP contribution is 2.28. The molecule has 1 aromatic carbocycles. The molecule has 2 rings (SSSR count). The lowest BCUT2D eigenvalue weighted by molar-refractivity contribution is 0.340. The molecule has 1 fully saturated rings. The minimum Gasteiger partial charge on any atom is -0.494 e. The van der Waals surface area contributed by atoms with E-state index in [4.69, 9.17) is 10.5 Å². The molecule has 0 aromatic heterocycles. The van der Waals surface area contributed by atoms with Crippen molar-refractivity contribution in [2.45, 2.75) is 25.8 Å². The summed E-state index contributed by atoms with van der Waals surface area (Å²) in [5.41, 5.74) is 7.58. The van der Waals surface area contributed by atoms with Gasteiger partial charge in [-0.05, 0) is 25.8 Å². The second-order valence-electron chi connectivity index (χ2n) is 3.64. The normalized spacial score (nSPS) is 15.2. The minimum absolute atomic E-state index is 0.645. The van der Waals surface area contributed by atoms with E-state index in [2.05, 4.69) is 5.32 Å². The van der Waals surface area contributed by atoms with E-state index in [1.807, 2.05) is 25.1 Å².